The lowest BCUT2D eigenvalue weighted by atomic mass is 10.0. The molecule has 1 saturated carbocycles. The Kier molecular flexibility index (Phi) is 9.91. The zero-order valence-corrected chi connectivity index (χ0v) is 24.0. The fourth-order valence-corrected chi connectivity index (χ4v) is 6.09. The molecule has 1 aromatic heterocycles. The van der Waals surface area contributed by atoms with Crippen molar-refractivity contribution < 1.29 is 14.3 Å². The Labute approximate surface area is 240 Å². The Balaban J connectivity index is 1.08. The van der Waals surface area contributed by atoms with E-state index in [-0.39, 0.29) is 11.5 Å². The van der Waals surface area contributed by atoms with Crippen LogP contribution in [0.15, 0.2) is 64.5 Å². The number of fused-ring (bicyclic) bond motifs is 1. The van der Waals surface area contributed by atoms with Gasteiger partial charge >= 0.3 is 0 Å². The number of hydrogen-bond donors (Lipinski definition) is 1. The first-order chi connectivity index (χ1) is 19.6. The molecule has 0 spiro atoms. The van der Waals surface area contributed by atoms with Crippen LogP contribution < -0.4 is 15.6 Å². The fourth-order valence-electron chi connectivity index (χ4n) is 4.77. The minimum Gasteiger partial charge on any atom is -0.491 e. The summed E-state index contributed by atoms with van der Waals surface area (Å²) in [5.74, 6) is 0.887. The number of aromatic nitrogens is 2. The maximum Gasteiger partial charge on any atom is 0.264 e. The highest BCUT2D eigenvalue weighted by Crippen LogP contribution is 2.36. The van der Waals surface area contributed by atoms with Gasteiger partial charge in [0.25, 0.3) is 5.56 Å². The minimum atomic E-state index is -0.0582. The molecular formula is C31H38N4O4S. The van der Waals surface area contributed by atoms with Crippen LogP contribution in [-0.2, 0) is 22.5 Å². The van der Waals surface area contributed by atoms with Crippen LogP contribution in [-0.4, -0.2) is 65.1 Å². The minimum absolute atomic E-state index is 0.0455. The number of carbonyl (C=O) groups excluding carboxylic acids is 1. The number of hydrogen-bond acceptors (Lipinski definition) is 7. The molecule has 0 unspecified atom stereocenters. The highest BCUT2D eigenvalue weighted by Gasteiger charge is 2.28. The number of ether oxygens (including phenoxy) is 2. The maximum absolute atomic E-state index is 13.7. The molecule has 2 aliphatic rings. The standard InChI is InChI=1S/C31H38N4O4S/c1-23-10-12-25(13-11-23)39-21-20-38-19-17-32-16-14-29(36)34-18-15-28-27(22-34)30(37)35(24-6-3-2-4-7-24)31(33-28)40-26-8-5-9-26/h2-4,6-7,10-13,26,32H,5,8-9,14-22H2,1H3. The number of benzene rings is 2. The third-order valence-corrected chi connectivity index (χ3v) is 8.64. The summed E-state index contributed by atoms with van der Waals surface area (Å²) in [4.78, 5) is 33.4. The van der Waals surface area contributed by atoms with Crippen LogP contribution >= 0.6 is 11.8 Å². The molecule has 1 fully saturated rings. The van der Waals surface area contributed by atoms with E-state index in [2.05, 4.69) is 5.32 Å². The normalized spacial score (nSPS) is 15.0. The molecule has 5 rings (SSSR count). The van der Waals surface area contributed by atoms with Crippen LogP contribution in [0.4, 0.5) is 0 Å². The van der Waals surface area contributed by atoms with Crippen LogP contribution in [0.2, 0.25) is 0 Å². The fraction of sp³-hybridized carbons (Fsp3) is 0.452. The molecule has 0 saturated heterocycles. The first kappa shape index (κ1) is 28.4. The lowest BCUT2D eigenvalue weighted by molar-refractivity contribution is -0.132. The quantitative estimate of drug-likeness (QED) is 0.248. The number of nitrogens with one attached hydrogen (secondary N) is 1. The van der Waals surface area contributed by atoms with Gasteiger partial charge in [-0.05, 0) is 44.0 Å². The van der Waals surface area contributed by atoms with Crippen molar-refractivity contribution in [1.82, 2.24) is 19.8 Å². The number of amides is 1. The smallest absolute Gasteiger partial charge is 0.264 e. The summed E-state index contributed by atoms with van der Waals surface area (Å²) in [7, 11) is 0. The highest BCUT2D eigenvalue weighted by molar-refractivity contribution is 7.99. The van der Waals surface area contributed by atoms with Crippen LogP contribution in [0, 0.1) is 6.92 Å². The van der Waals surface area contributed by atoms with Gasteiger partial charge in [-0.2, -0.15) is 0 Å². The SMILES string of the molecule is Cc1ccc(OCCOCCNCCC(=O)N2CCc3nc(SC4CCC4)n(-c4ccccc4)c(=O)c3C2)cc1. The van der Waals surface area contributed by atoms with Gasteiger partial charge in [0, 0.05) is 37.7 Å². The second-order valence-corrected chi connectivity index (χ2v) is 11.6. The lowest BCUT2D eigenvalue weighted by Gasteiger charge is -2.30. The summed E-state index contributed by atoms with van der Waals surface area (Å²) >= 11 is 1.71. The molecule has 3 aromatic rings. The van der Waals surface area contributed by atoms with E-state index in [0.29, 0.717) is 69.7 Å². The van der Waals surface area contributed by atoms with Crippen molar-refractivity contribution in [2.45, 2.75) is 56.0 Å². The Morgan fingerprint density at radius 1 is 1.05 bits per heavy atom. The van der Waals surface area contributed by atoms with Gasteiger partial charge in [-0.25, -0.2) is 4.98 Å². The Bertz CT molecular complexity index is 1330. The van der Waals surface area contributed by atoms with Gasteiger partial charge in [0.05, 0.1) is 36.7 Å². The lowest BCUT2D eigenvalue weighted by Crippen LogP contribution is -2.42. The largest absolute Gasteiger partial charge is 0.491 e. The summed E-state index contributed by atoms with van der Waals surface area (Å²) < 4.78 is 13.0. The maximum atomic E-state index is 13.7. The van der Waals surface area contributed by atoms with E-state index in [1.807, 2.05) is 61.5 Å². The van der Waals surface area contributed by atoms with E-state index in [4.69, 9.17) is 14.5 Å². The topological polar surface area (TPSA) is 85.7 Å². The number of para-hydroxylation sites is 1. The summed E-state index contributed by atoms with van der Waals surface area (Å²) in [6.07, 6.45) is 4.55. The van der Waals surface area contributed by atoms with Crippen LogP contribution in [0.1, 0.15) is 42.5 Å². The molecule has 40 heavy (non-hydrogen) atoms. The van der Waals surface area contributed by atoms with E-state index in [9.17, 15) is 9.59 Å². The second kappa shape index (κ2) is 14.0. The number of nitrogens with zero attached hydrogens (tertiary/aromatic N) is 3. The molecule has 0 radical (unpaired) electrons. The molecular weight excluding hydrogens is 524 g/mol. The summed E-state index contributed by atoms with van der Waals surface area (Å²) in [6.45, 7) is 5.73. The molecule has 2 heterocycles. The van der Waals surface area contributed by atoms with Crippen LogP contribution in [0.5, 0.6) is 5.75 Å². The van der Waals surface area contributed by atoms with E-state index in [1.54, 1.807) is 21.2 Å². The molecule has 1 N–H and O–H groups in total. The van der Waals surface area contributed by atoms with Gasteiger partial charge < -0.3 is 19.7 Å². The van der Waals surface area contributed by atoms with Gasteiger partial charge in [0.2, 0.25) is 5.91 Å². The zero-order chi connectivity index (χ0) is 27.7. The molecule has 1 aliphatic heterocycles. The Morgan fingerprint density at radius 3 is 2.60 bits per heavy atom. The summed E-state index contributed by atoms with van der Waals surface area (Å²) in [5, 5.41) is 4.56. The first-order valence-electron chi connectivity index (χ1n) is 14.2. The molecule has 0 bridgehead atoms. The van der Waals surface area contributed by atoms with Gasteiger partial charge in [0.1, 0.15) is 12.4 Å². The van der Waals surface area contributed by atoms with Crippen LogP contribution in [0.3, 0.4) is 0 Å². The molecule has 1 amide bonds. The van der Waals surface area contributed by atoms with Crippen molar-refractivity contribution >= 4 is 17.7 Å². The number of rotatable bonds is 13. The first-order valence-corrected chi connectivity index (χ1v) is 15.1. The highest BCUT2D eigenvalue weighted by atomic mass is 32.2. The molecule has 8 nitrogen and oxygen atoms in total. The monoisotopic (exact) mass is 562 g/mol. The van der Waals surface area contributed by atoms with Crippen molar-refractivity contribution in [1.29, 1.82) is 0 Å². The van der Waals surface area contributed by atoms with Crippen LogP contribution in [0.25, 0.3) is 5.69 Å². The Morgan fingerprint density at radius 2 is 1.85 bits per heavy atom. The van der Waals surface area contributed by atoms with Gasteiger partial charge in [0.15, 0.2) is 5.16 Å². The zero-order valence-electron chi connectivity index (χ0n) is 23.1. The van der Waals surface area contributed by atoms with Gasteiger partial charge in [-0.15, -0.1) is 0 Å². The molecule has 212 valence electrons. The van der Waals surface area contributed by atoms with E-state index in [0.717, 1.165) is 35.1 Å². The summed E-state index contributed by atoms with van der Waals surface area (Å²) in [5.41, 5.74) is 3.44. The van der Waals surface area contributed by atoms with E-state index >= 15 is 0 Å². The number of thioether (sulfide) groups is 1. The molecule has 1 aliphatic carbocycles. The summed E-state index contributed by atoms with van der Waals surface area (Å²) in [6, 6.07) is 17.7. The van der Waals surface area contributed by atoms with Gasteiger partial charge in [-0.1, -0.05) is 54.1 Å². The second-order valence-electron chi connectivity index (χ2n) is 10.3. The predicted octanol–water partition coefficient (Wildman–Crippen LogP) is 4.15. The van der Waals surface area contributed by atoms with Crippen molar-refractivity contribution in [2.75, 3.05) is 39.5 Å². The number of carbonyl (C=O) groups is 1. The molecule has 0 atom stereocenters. The molecule has 2 aromatic carbocycles. The van der Waals surface area contributed by atoms with Crippen molar-refractivity contribution in [3.8, 4) is 11.4 Å². The third-order valence-electron chi connectivity index (χ3n) is 7.35. The molecule has 9 heteroatoms. The van der Waals surface area contributed by atoms with Crippen molar-refractivity contribution in [3.05, 3.63) is 81.8 Å². The van der Waals surface area contributed by atoms with Gasteiger partial charge in [-0.3, -0.25) is 14.2 Å². The predicted molar refractivity (Wildman–Crippen MR) is 157 cm³/mol. The van der Waals surface area contributed by atoms with Crippen molar-refractivity contribution in [2.24, 2.45) is 0 Å². The van der Waals surface area contributed by atoms with E-state index in [1.165, 1.54) is 12.0 Å². The average molecular weight is 563 g/mol. The van der Waals surface area contributed by atoms with E-state index < -0.39 is 0 Å². The number of aryl methyl sites for hydroxylation is 1. The average Bonchev–Trinajstić information content (AvgIpc) is 2.95. The Hall–Kier alpha value is -3.14. The third kappa shape index (κ3) is 7.33. The van der Waals surface area contributed by atoms with Crippen molar-refractivity contribution in [3.63, 3.8) is 0 Å².